The van der Waals surface area contributed by atoms with Crippen LogP contribution >= 0.6 is 0 Å². The van der Waals surface area contributed by atoms with Crippen molar-refractivity contribution in [2.75, 3.05) is 11.4 Å². The van der Waals surface area contributed by atoms with E-state index in [4.69, 9.17) is 0 Å². The van der Waals surface area contributed by atoms with E-state index in [1.54, 1.807) is 23.1 Å². The molecule has 94 valence electrons. The van der Waals surface area contributed by atoms with Crippen LogP contribution < -0.4 is 4.90 Å². The molecule has 2 rings (SSSR count). The molecule has 1 aromatic rings. The van der Waals surface area contributed by atoms with Crippen molar-refractivity contribution in [1.82, 2.24) is 0 Å². The van der Waals surface area contributed by atoms with Gasteiger partial charge in [0.15, 0.2) is 0 Å². The number of non-ortho nitro benzene ring substituents is 1. The van der Waals surface area contributed by atoms with Gasteiger partial charge in [-0.05, 0) is 24.5 Å². The molecule has 5 heteroatoms. The number of hydrogen-bond acceptors (Lipinski definition) is 3. The Labute approximate surface area is 105 Å². The number of rotatable bonds is 4. The van der Waals surface area contributed by atoms with E-state index in [-0.39, 0.29) is 11.6 Å². The van der Waals surface area contributed by atoms with Gasteiger partial charge in [0.25, 0.3) is 5.69 Å². The molecule has 0 atom stereocenters. The first-order valence-electron chi connectivity index (χ1n) is 5.82. The van der Waals surface area contributed by atoms with Gasteiger partial charge >= 0.3 is 0 Å². The van der Waals surface area contributed by atoms with Crippen molar-refractivity contribution in [2.45, 2.75) is 19.3 Å². The number of carbonyl (C=O) groups is 1. The molecule has 0 bridgehead atoms. The van der Waals surface area contributed by atoms with Crippen LogP contribution in [0.15, 0.2) is 30.9 Å². The fourth-order valence-corrected chi connectivity index (χ4v) is 2.13. The van der Waals surface area contributed by atoms with Gasteiger partial charge in [0.2, 0.25) is 5.91 Å². The van der Waals surface area contributed by atoms with Gasteiger partial charge in [0.05, 0.1) is 4.92 Å². The van der Waals surface area contributed by atoms with Crippen LogP contribution in [0.2, 0.25) is 0 Å². The zero-order valence-electron chi connectivity index (χ0n) is 9.96. The summed E-state index contributed by atoms with van der Waals surface area (Å²) in [7, 11) is 0. The van der Waals surface area contributed by atoms with Crippen molar-refractivity contribution in [3.05, 3.63) is 46.5 Å². The van der Waals surface area contributed by atoms with Crippen LogP contribution in [-0.2, 0) is 11.2 Å². The summed E-state index contributed by atoms with van der Waals surface area (Å²) in [5, 5.41) is 10.7. The van der Waals surface area contributed by atoms with E-state index in [2.05, 4.69) is 6.58 Å². The molecule has 0 radical (unpaired) electrons. The standard InChI is InChI=1S/C13H14N2O3/c1-2-3-8-14-12-6-5-11(15(17)18)9-10(12)4-7-13(14)16/h2,5-6,9H,1,3-4,7-8H2. The van der Waals surface area contributed by atoms with E-state index in [0.717, 1.165) is 11.3 Å². The monoisotopic (exact) mass is 246 g/mol. The summed E-state index contributed by atoms with van der Waals surface area (Å²) >= 11 is 0. The second kappa shape index (κ2) is 5.00. The molecule has 0 saturated heterocycles. The zero-order chi connectivity index (χ0) is 13.1. The summed E-state index contributed by atoms with van der Waals surface area (Å²) in [6.07, 6.45) is 3.45. The number of aryl methyl sites for hydroxylation is 1. The summed E-state index contributed by atoms with van der Waals surface area (Å²) in [6, 6.07) is 4.66. The second-order valence-electron chi connectivity index (χ2n) is 4.19. The van der Waals surface area contributed by atoms with Gasteiger partial charge in [-0.25, -0.2) is 0 Å². The molecule has 1 heterocycles. The number of nitrogens with zero attached hydrogens (tertiary/aromatic N) is 2. The fourth-order valence-electron chi connectivity index (χ4n) is 2.13. The van der Waals surface area contributed by atoms with E-state index < -0.39 is 4.92 Å². The summed E-state index contributed by atoms with van der Waals surface area (Å²) in [5.41, 5.74) is 1.73. The molecular weight excluding hydrogens is 232 g/mol. The maximum atomic E-state index is 11.8. The summed E-state index contributed by atoms with van der Waals surface area (Å²) in [5.74, 6) is 0.0678. The van der Waals surface area contributed by atoms with Crippen molar-refractivity contribution < 1.29 is 9.72 Å². The van der Waals surface area contributed by atoms with E-state index in [1.807, 2.05) is 0 Å². The Kier molecular flexibility index (Phi) is 3.41. The number of benzene rings is 1. The summed E-state index contributed by atoms with van der Waals surface area (Å²) in [4.78, 5) is 23.8. The molecule has 0 spiro atoms. The van der Waals surface area contributed by atoms with Gasteiger partial charge in [-0.1, -0.05) is 6.08 Å². The number of nitro groups is 1. The summed E-state index contributed by atoms with van der Waals surface area (Å²) in [6.45, 7) is 4.21. The molecule has 18 heavy (non-hydrogen) atoms. The van der Waals surface area contributed by atoms with Crippen LogP contribution in [0, 0.1) is 10.1 Å². The molecule has 1 aliphatic heterocycles. The van der Waals surface area contributed by atoms with E-state index in [1.165, 1.54) is 6.07 Å². The summed E-state index contributed by atoms with van der Waals surface area (Å²) < 4.78 is 0. The van der Waals surface area contributed by atoms with E-state index in [9.17, 15) is 14.9 Å². The molecule has 1 aliphatic rings. The number of hydrogen-bond donors (Lipinski definition) is 0. The third-order valence-electron chi connectivity index (χ3n) is 3.03. The first-order valence-corrected chi connectivity index (χ1v) is 5.82. The molecule has 0 aliphatic carbocycles. The van der Waals surface area contributed by atoms with Crippen LogP contribution in [0.5, 0.6) is 0 Å². The van der Waals surface area contributed by atoms with Gasteiger partial charge in [-0.15, -0.1) is 6.58 Å². The molecule has 0 aromatic heterocycles. The van der Waals surface area contributed by atoms with Gasteiger partial charge < -0.3 is 4.90 Å². The quantitative estimate of drug-likeness (QED) is 0.465. The van der Waals surface area contributed by atoms with Crippen LogP contribution in [0.4, 0.5) is 11.4 Å². The topological polar surface area (TPSA) is 63.5 Å². The van der Waals surface area contributed by atoms with Gasteiger partial charge in [0, 0.05) is 30.8 Å². The first kappa shape index (κ1) is 12.3. The van der Waals surface area contributed by atoms with E-state index >= 15 is 0 Å². The maximum absolute atomic E-state index is 11.8. The third kappa shape index (κ3) is 2.25. The van der Waals surface area contributed by atoms with Crippen molar-refractivity contribution in [2.24, 2.45) is 0 Å². The Morgan fingerprint density at radius 2 is 2.22 bits per heavy atom. The van der Waals surface area contributed by atoms with Crippen molar-refractivity contribution in [3.63, 3.8) is 0 Å². The lowest BCUT2D eigenvalue weighted by Gasteiger charge is -2.28. The van der Waals surface area contributed by atoms with Gasteiger partial charge in [-0.2, -0.15) is 0 Å². The maximum Gasteiger partial charge on any atom is 0.269 e. The lowest BCUT2D eigenvalue weighted by atomic mass is 10.0. The smallest absolute Gasteiger partial charge is 0.269 e. The van der Waals surface area contributed by atoms with Gasteiger partial charge in [0.1, 0.15) is 0 Å². The highest BCUT2D eigenvalue weighted by Crippen LogP contribution is 2.31. The fraction of sp³-hybridized carbons (Fsp3) is 0.308. The van der Waals surface area contributed by atoms with Crippen LogP contribution in [-0.4, -0.2) is 17.4 Å². The highest BCUT2D eigenvalue weighted by atomic mass is 16.6. The normalized spacial score (nSPS) is 14.2. The van der Waals surface area contributed by atoms with Gasteiger partial charge in [-0.3, -0.25) is 14.9 Å². The Morgan fingerprint density at radius 1 is 1.44 bits per heavy atom. The minimum atomic E-state index is -0.412. The third-order valence-corrected chi connectivity index (χ3v) is 3.03. The van der Waals surface area contributed by atoms with Crippen molar-refractivity contribution >= 4 is 17.3 Å². The number of carbonyl (C=O) groups excluding carboxylic acids is 1. The molecule has 0 unspecified atom stereocenters. The lowest BCUT2D eigenvalue weighted by Crippen LogP contribution is -2.35. The van der Waals surface area contributed by atoms with Crippen LogP contribution in [0.3, 0.4) is 0 Å². The number of anilines is 1. The highest BCUT2D eigenvalue weighted by molar-refractivity contribution is 5.96. The van der Waals surface area contributed by atoms with Crippen LogP contribution in [0.25, 0.3) is 0 Å². The average molecular weight is 246 g/mol. The molecule has 0 fully saturated rings. The highest BCUT2D eigenvalue weighted by Gasteiger charge is 2.24. The number of nitro benzene ring substituents is 1. The Bertz CT molecular complexity index is 511. The molecule has 0 saturated carbocycles. The predicted octanol–water partition coefficient (Wildman–Crippen LogP) is 2.45. The molecule has 1 amide bonds. The average Bonchev–Trinajstić information content (AvgIpc) is 2.37. The molecule has 1 aromatic carbocycles. The Balaban J connectivity index is 2.35. The zero-order valence-corrected chi connectivity index (χ0v) is 9.96. The number of fused-ring (bicyclic) bond motifs is 1. The minimum Gasteiger partial charge on any atom is -0.312 e. The van der Waals surface area contributed by atoms with Crippen molar-refractivity contribution in [1.29, 1.82) is 0 Å². The molecule has 0 N–H and O–H groups in total. The van der Waals surface area contributed by atoms with E-state index in [0.29, 0.717) is 25.8 Å². The minimum absolute atomic E-state index is 0.0678. The first-order chi connectivity index (χ1) is 8.63. The SMILES string of the molecule is C=CCCN1C(=O)CCc2cc([N+](=O)[O-])ccc21. The molecular formula is C13H14N2O3. The van der Waals surface area contributed by atoms with Crippen molar-refractivity contribution in [3.8, 4) is 0 Å². The number of amides is 1. The Morgan fingerprint density at radius 3 is 2.89 bits per heavy atom. The second-order valence-corrected chi connectivity index (χ2v) is 4.19. The molecule has 5 nitrogen and oxygen atoms in total. The predicted molar refractivity (Wildman–Crippen MR) is 68.6 cm³/mol. The largest absolute Gasteiger partial charge is 0.312 e. The van der Waals surface area contributed by atoms with Crippen LogP contribution in [0.1, 0.15) is 18.4 Å². The Hall–Kier alpha value is -2.17. The lowest BCUT2D eigenvalue weighted by molar-refractivity contribution is -0.384.